The first kappa shape index (κ1) is 99.1. The Bertz CT molecular complexity index is 1730. The van der Waals surface area contributed by atoms with Crippen LogP contribution in [0.15, 0.2) is 91.0 Å². The normalized spacial score (nSPS) is 12.2. The topological polar surface area (TPSA) is 0 Å². The monoisotopic (exact) mass is 1510 g/mol. The van der Waals surface area contributed by atoms with Gasteiger partial charge in [-0.3, -0.25) is 0 Å². The van der Waals surface area contributed by atoms with Crippen LogP contribution >= 0.6 is 0 Å². The van der Waals surface area contributed by atoms with Gasteiger partial charge in [0.25, 0.3) is 0 Å². The van der Waals surface area contributed by atoms with Crippen LogP contribution in [0.5, 0.6) is 0 Å². The third kappa shape index (κ3) is 34.6. The maximum Gasteiger partial charge on any atom is 3.00 e. The fourth-order valence-corrected chi connectivity index (χ4v) is 71.6. The van der Waals surface area contributed by atoms with E-state index in [1.54, 1.807) is 125 Å². The Morgan fingerprint density at radius 3 is 0.330 bits per heavy atom. The van der Waals surface area contributed by atoms with Crippen molar-refractivity contribution in [1.29, 1.82) is 0 Å². The summed E-state index contributed by atoms with van der Waals surface area (Å²) in [6, 6.07) is 64.3. The molecule has 3 aromatic carbocycles. The molecule has 3 aromatic rings. The average Bonchev–Trinajstić information content (AvgIpc) is 0.771. The summed E-state index contributed by atoms with van der Waals surface area (Å²) in [7, 11) is -9.21. The van der Waals surface area contributed by atoms with Crippen LogP contribution < -0.4 is 0 Å². The summed E-state index contributed by atoms with van der Waals surface area (Å²) < 4.78 is 0. The SMILES string of the molecule is CCCC[Si](CCCC)(CCCC)[C-](c1ccccc1)[Si](CCCC)(CCCC)CCCC.CCCC[Si](CCCC)(CCCC)[C-](c1ccccc1)[Si](CCCC)(CCCC)CCCC.CCCC[Si](CCCC)(CCCC)[C-](c1ccccc1)[Si](CCCC)(CCCC)CCCC.[Cr+3]. The van der Waals surface area contributed by atoms with Gasteiger partial charge in [-0.1, -0.05) is 483 Å². The van der Waals surface area contributed by atoms with E-state index in [0.29, 0.717) is 0 Å². The first-order chi connectivity index (χ1) is 48.3. The second-order valence-electron chi connectivity index (χ2n) is 32.8. The van der Waals surface area contributed by atoms with Crippen molar-refractivity contribution in [3.8, 4) is 0 Å². The predicted octanol–water partition coefficient (Wildman–Crippen LogP) is 34.2. The Morgan fingerprint density at radius 2 is 0.250 bits per heavy atom. The Labute approximate surface area is 648 Å². The molecule has 7 heteroatoms. The van der Waals surface area contributed by atoms with Gasteiger partial charge in [-0.05, 0) is 0 Å². The second-order valence-corrected chi connectivity index (χ2v) is 61.6. The van der Waals surface area contributed by atoms with Gasteiger partial charge in [-0.2, -0.15) is 68.6 Å². The van der Waals surface area contributed by atoms with Gasteiger partial charge in [-0.25, -0.2) is 0 Å². The zero-order valence-corrected chi connectivity index (χ0v) is 78.5. The summed E-state index contributed by atoms with van der Waals surface area (Å²) in [5.41, 5.74) is 5.13. The van der Waals surface area contributed by atoms with Gasteiger partial charge in [0.2, 0.25) is 0 Å². The molecule has 579 valence electrons. The van der Waals surface area contributed by atoms with Crippen LogP contribution in [0, 0.1) is 15.5 Å². The zero-order valence-electron chi connectivity index (χ0n) is 71.3. The fourth-order valence-electron chi connectivity index (χ4n) is 19.1. The molecule has 0 aromatic heterocycles. The van der Waals surface area contributed by atoms with Gasteiger partial charge in [0.15, 0.2) is 0 Å². The molecule has 100 heavy (non-hydrogen) atoms. The maximum absolute atomic E-state index is 2.55. The van der Waals surface area contributed by atoms with Crippen LogP contribution in [0.25, 0.3) is 0 Å². The van der Waals surface area contributed by atoms with Gasteiger partial charge in [0.05, 0.1) is 0 Å². The first-order valence-corrected chi connectivity index (χ1v) is 60.8. The van der Waals surface area contributed by atoms with Crippen molar-refractivity contribution in [3.05, 3.63) is 123 Å². The number of unbranched alkanes of at least 4 members (excludes halogenated alkanes) is 18. The van der Waals surface area contributed by atoms with Crippen LogP contribution in [-0.2, 0) is 17.4 Å². The minimum Gasteiger partial charge on any atom is -0.193 e. The van der Waals surface area contributed by atoms with Gasteiger partial charge in [-0.15, -0.1) is 36.4 Å². The first-order valence-electron chi connectivity index (χ1n) is 45.1. The molecule has 0 spiro atoms. The maximum atomic E-state index is 2.55. The second kappa shape index (κ2) is 62.0. The Morgan fingerprint density at radius 1 is 0.160 bits per heavy atom. The summed E-state index contributed by atoms with van der Waals surface area (Å²) in [5, 5.41) is 6.55. The van der Waals surface area contributed by atoms with E-state index in [2.05, 4.69) is 231 Å². The summed E-state index contributed by atoms with van der Waals surface area (Å²) >= 11 is 0. The van der Waals surface area contributed by atoms with E-state index in [-0.39, 0.29) is 17.4 Å². The molecule has 0 saturated heterocycles. The molecule has 0 unspecified atom stereocenters. The predicted molar refractivity (Wildman–Crippen MR) is 476 cm³/mol. The van der Waals surface area contributed by atoms with Crippen molar-refractivity contribution in [2.24, 2.45) is 0 Å². The molecular weight excluding hydrogens is 1340 g/mol. The Balaban J connectivity index is 0.00000146. The average molecular weight is 1520 g/mol. The van der Waals surface area contributed by atoms with Gasteiger partial charge < -0.3 is 0 Å². The van der Waals surface area contributed by atoms with Crippen molar-refractivity contribution < 1.29 is 17.4 Å². The summed E-state index contributed by atoms with van der Waals surface area (Å²) in [6.45, 7) is 43.7. The third-order valence-electron chi connectivity index (χ3n) is 24.5. The van der Waals surface area contributed by atoms with E-state index < -0.39 is 48.4 Å². The standard InChI is InChI=1S/3C31H59Si2.Cr/c3*1-7-13-24-32(25-14-8-2,26-15-9-3)31(30-22-20-19-21-23-30)33(27-16-10-4,28-17-11-5)29-18-12-6;/h3*19-23H,7-18,24-29H2,1-6H3;/q3*-1;+3. The van der Waals surface area contributed by atoms with Crippen molar-refractivity contribution >= 4 is 48.4 Å². The molecule has 0 aliphatic heterocycles. The Kier molecular flexibility index (Phi) is 61.5. The van der Waals surface area contributed by atoms with Crippen molar-refractivity contribution in [3.63, 3.8) is 0 Å². The van der Waals surface area contributed by atoms with Gasteiger partial charge in [0, 0.05) is 48.4 Å². The van der Waals surface area contributed by atoms with Crippen molar-refractivity contribution in [1.82, 2.24) is 0 Å². The fraction of sp³-hybridized carbons (Fsp3) is 0.774. The molecule has 0 fully saturated rings. The van der Waals surface area contributed by atoms with Crippen LogP contribution in [0.1, 0.15) is 372 Å². The smallest absolute Gasteiger partial charge is 0.193 e. The molecule has 0 heterocycles. The van der Waals surface area contributed by atoms with Crippen molar-refractivity contribution in [2.75, 3.05) is 0 Å². The summed E-state index contributed by atoms with van der Waals surface area (Å²) in [4.78, 5) is 0. The number of rotatable bonds is 63. The minimum absolute atomic E-state index is 0. The molecule has 0 amide bonds. The molecule has 0 saturated carbocycles. The largest absolute Gasteiger partial charge is 3.00 e. The van der Waals surface area contributed by atoms with E-state index >= 15 is 0 Å². The molecule has 0 N–H and O–H groups in total. The number of benzene rings is 3. The molecule has 3 rings (SSSR count). The van der Waals surface area contributed by atoms with Crippen LogP contribution in [0.2, 0.25) is 109 Å². The van der Waals surface area contributed by atoms with Crippen LogP contribution in [0.4, 0.5) is 0 Å². The molecule has 0 aliphatic rings. The van der Waals surface area contributed by atoms with Gasteiger partial charge >= 0.3 is 17.4 Å². The summed E-state index contributed by atoms with van der Waals surface area (Å²) in [6.07, 6.45) is 50.7. The minimum atomic E-state index is -1.54. The van der Waals surface area contributed by atoms with Crippen LogP contribution in [0.3, 0.4) is 0 Å². The van der Waals surface area contributed by atoms with E-state index in [4.69, 9.17) is 0 Å². The molecular formula is C93H177CrSi6. The van der Waals surface area contributed by atoms with E-state index in [1.807, 2.05) is 0 Å². The van der Waals surface area contributed by atoms with Crippen LogP contribution in [-0.4, -0.2) is 48.4 Å². The quantitative estimate of drug-likeness (QED) is 0.0390. The molecule has 0 aliphatic carbocycles. The van der Waals surface area contributed by atoms with Crippen molar-refractivity contribution in [2.45, 2.75) is 465 Å². The Hall–Kier alpha value is -0.896. The molecule has 0 nitrogen and oxygen atoms in total. The van der Waals surface area contributed by atoms with E-state index in [0.717, 1.165) is 0 Å². The summed E-state index contributed by atoms with van der Waals surface area (Å²) in [5.74, 6) is 0. The van der Waals surface area contributed by atoms with E-state index in [9.17, 15) is 0 Å². The van der Waals surface area contributed by atoms with E-state index in [1.165, 1.54) is 231 Å². The molecule has 0 atom stereocenters. The molecule has 0 bridgehead atoms. The molecule has 1 radical (unpaired) electrons. The number of hydrogen-bond donors (Lipinski definition) is 0. The van der Waals surface area contributed by atoms with Gasteiger partial charge in [0.1, 0.15) is 0 Å². The number of hydrogen-bond acceptors (Lipinski definition) is 0. The third-order valence-corrected chi connectivity index (χ3v) is 65.8. The zero-order chi connectivity index (χ0) is 73.3.